The predicted octanol–water partition coefficient (Wildman–Crippen LogP) is 3.09. The summed E-state index contributed by atoms with van der Waals surface area (Å²) in [5.74, 6) is -10.6. The summed E-state index contributed by atoms with van der Waals surface area (Å²) in [4.78, 5) is -2.31. The summed E-state index contributed by atoms with van der Waals surface area (Å²) < 4.78 is 78.0. The molecule has 2 aromatic rings. The number of hydrogen-bond donors (Lipinski definition) is 1. The molecule has 2 rings (SSSR count). The van der Waals surface area contributed by atoms with E-state index in [0.29, 0.717) is 5.56 Å². The van der Waals surface area contributed by atoms with Crippen LogP contribution in [-0.2, 0) is 9.84 Å². The van der Waals surface area contributed by atoms with E-state index in [4.69, 9.17) is 5.11 Å². The van der Waals surface area contributed by atoms with Crippen molar-refractivity contribution >= 4 is 9.84 Å². The summed E-state index contributed by atoms with van der Waals surface area (Å²) in [5, 5.41) is 8.84. The van der Waals surface area contributed by atoms with Crippen LogP contribution in [0.15, 0.2) is 34.1 Å². The van der Waals surface area contributed by atoms with Crippen molar-refractivity contribution in [3.63, 3.8) is 0 Å². The van der Waals surface area contributed by atoms with Crippen molar-refractivity contribution in [2.75, 3.05) is 0 Å². The number of hydrogen-bond acceptors (Lipinski definition) is 3. The molecule has 0 spiro atoms. The van der Waals surface area contributed by atoms with Gasteiger partial charge in [-0.05, 0) is 19.1 Å². The molecule has 0 bridgehead atoms. The SMILES string of the molecule is Cc1ccc(S(=O)(=O)c2c(F)c(F)c(O)c(F)c2F)cc1. The number of halogens is 4. The third kappa shape index (κ3) is 2.35. The molecule has 0 radical (unpaired) electrons. The van der Waals surface area contributed by atoms with Crippen molar-refractivity contribution in [2.45, 2.75) is 16.7 Å². The zero-order valence-corrected chi connectivity index (χ0v) is 11.3. The van der Waals surface area contributed by atoms with Gasteiger partial charge in [-0.3, -0.25) is 0 Å². The molecule has 0 heterocycles. The van der Waals surface area contributed by atoms with Gasteiger partial charge in [0.15, 0.2) is 17.4 Å². The molecule has 0 saturated carbocycles. The highest BCUT2D eigenvalue weighted by atomic mass is 32.2. The lowest BCUT2D eigenvalue weighted by atomic mass is 10.2. The van der Waals surface area contributed by atoms with Gasteiger partial charge in [-0.25, -0.2) is 17.2 Å². The number of phenols is 1. The van der Waals surface area contributed by atoms with Gasteiger partial charge in [0.05, 0.1) is 4.90 Å². The van der Waals surface area contributed by atoms with E-state index >= 15 is 0 Å². The molecule has 0 aliphatic carbocycles. The summed E-state index contributed by atoms with van der Waals surface area (Å²) in [6, 6.07) is 4.81. The molecule has 112 valence electrons. The molecule has 1 N–H and O–H groups in total. The Hall–Kier alpha value is -2.09. The van der Waals surface area contributed by atoms with E-state index < -0.39 is 48.6 Å². The van der Waals surface area contributed by atoms with Crippen LogP contribution in [0.2, 0.25) is 0 Å². The molecule has 21 heavy (non-hydrogen) atoms. The molecule has 0 atom stereocenters. The Labute approximate surface area is 117 Å². The van der Waals surface area contributed by atoms with Crippen LogP contribution in [0.3, 0.4) is 0 Å². The van der Waals surface area contributed by atoms with Crippen LogP contribution in [-0.4, -0.2) is 13.5 Å². The second-order valence-corrected chi connectivity index (χ2v) is 6.14. The average molecular weight is 320 g/mol. The van der Waals surface area contributed by atoms with Crippen LogP contribution in [0.5, 0.6) is 5.75 Å². The second kappa shape index (κ2) is 5.03. The Morgan fingerprint density at radius 2 is 1.29 bits per heavy atom. The zero-order valence-electron chi connectivity index (χ0n) is 10.5. The highest BCUT2D eigenvalue weighted by Crippen LogP contribution is 2.34. The standard InChI is InChI=1S/C13H8F4O3S/c1-6-2-4-7(5-3-6)21(19,20)13-10(16)8(14)12(18)9(15)11(13)17/h2-5,18H,1H3. The van der Waals surface area contributed by atoms with Crippen LogP contribution in [0, 0.1) is 30.2 Å². The van der Waals surface area contributed by atoms with Crippen LogP contribution in [0.1, 0.15) is 5.56 Å². The van der Waals surface area contributed by atoms with Crippen LogP contribution in [0.25, 0.3) is 0 Å². The van der Waals surface area contributed by atoms with Gasteiger partial charge >= 0.3 is 0 Å². The maximum absolute atomic E-state index is 13.6. The first-order chi connectivity index (χ1) is 9.67. The largest absolute Gasteiger partial charge is 0.503 e. The summed E-state index contributed by atoms with van der Waals surface area (Å²) in [6.45, 7) is 1.65. The van der Waals surface area contributed by atoms with E-state index in [1.54, 1.807) is 6.92 Å². The molecule has 0 unspecified atom stereocenters. The number of rotatable bonds is 2. The Bertz CT molecular complexity index is 785. The van der Waals surface area contributed by atoms with E-state index in [2.05, 4.69) is 0 Å². The van der Waals surface area contributed by atoms with E-state index in [1.807, 2.05) is 0 Å². The average Bonchev–Trinajstić information content (AvgIpc) is 2.43. The Balaban J connectivity index is 2.80. The molecule has 3 nitrogen and oxygen atoms in total. The fourth-order valence-electron chi connectivity index (χ4n) is 1.67. The maximum atomic E-state index is 13.6. The maximum Gasteiger partial charge on any atom is 0.212 e. The van der Waals surface area contributed by atoms with Gasteiger partial charge in [0, 0.05) is 0 Å². The van der Waals surface area contributed by atoms with Crippen molar-refractivity contribution in [2.24, 2.45) is 0 Å². The van der Waals surface area contributed by atoms with Gasteiger partial charge in [0.1, 0.15) is 4.90 Å². The third-order valence-corrected chi connectivity index (χ3v) is 4.59. The molecule has 0 aliphatic rings. The van der Waals surface area contributed by atoms with Gasteiger partial charge in [-0.1, -0.05) is 17.7 Å². The fraction of sp³-hybridized carbons (Fsp3) is 0.0769. The molecular formula is C13H8F4O3S. The first kappa shape index (κ1) is 15.3. The molecule has 0 aliphatic heterocycles. The number of phenolic OH excluding ortho intramolecular Hbond substituents is 1. The smallest absolute Gasteiger partial charge is 0.212 e. The molecule has 0 fully saturated rings. The van der Waals surface area contributed by atoms with Crippen molar-refractivity contribution in [1.29, 1.82) is 0 Å². The summed E-state index contributed by atoms with van der Waals surface area (Å²) in [6.07, 6.45) is 0. The highest BCUT2D eigenvalue weighted by Gasteiger charge is 2.34. The van der Waals surface area contributed by atoms with Crippen LogP contribution >= 0.6 is 0 Å². The normalized spacial score (nSPS) is 11.7. The number of aromatic hydroxyl groups is 1. The lowest BCUT2D eigenvalue weighted by molar-refractivity contribution is 0.342. The Kier molecular flexibility index (Phi) is 3.66. The molecule has 2 aromatic carbocycles. The second-order valence-electron chi connectivity index (χ2n) is 4.25. The number of sulfone groups is 1. The molecule has 0 saturated heterocycles. The third-order valence-electron chi connectivity index (χ3n) is 2.80. The van der Waals surface area contributed by atoms with Gasteiger partial charge in [0.25, 0.3) is 0 Å². The van der Waals surface area contributed by atoms with Crippen LogP contribution < -0.4 is 0 Å². The van der Waals surface area contributed by atoms with E-state index in [0.717, 1.165) is 12.1 Å². The fourth-order valence-corrected chi connectivity index (χ4v) is 3.05. The first-order valence-corrected chi connectivity index (χ1v) is 7.03. The molecule has 0 aromatic heterocycles. The van der Waals surface area contributed by atoms with Gasteiger partial charge in [-0.2, -0.15) is 8.78 Å². The quantitative estimate of drug-likeness (QED) is 0.683. The number of benzene rings is 2. The Morgan fingerprint density at radius 1 is 0.857 bits per heavy atom. The van der Waals surface area contributed by atoms with Gasteiger partial charge in [-0.15, -0.1) is 0 Å². The summed E-state index contributed by atoms with van der Waals surface area (Å²) in [7, 11) is -4.82. The van der Waals surface area contributed by atoms with Crippen molar-refractivity contribution in [3.05, 3.63) is 53.1 Å². The molecule has 0 amide bonds. The minimum atomic E-state index is -4.82. The Morgan fingerprint density at radius 3 is 1.71 bits per heavy atom. The summed E-state index contributed by atoms with van der Waals surface area (Å²) >= 11 is 0. The minimum absolute atomic E-state index is 0.532. The van der Waals surface area contributed by atoms with E-state index in [-0.39, 0.29) is 0 Å². The van der Waals surface area contributed by atoms with Crippen molar-refractivity contribution in [1.82, 2.24) is 0 Å². The van der Waals surface area contributed by atoms with E-state index in [1.165, 1.54) is 12.1 Å². The minimum Gasteiger partial charge on any atom is -0.503 e. The van der Waals surface area contributed by atoms with Crippen molar-refractivity contribution in [3.8, 4) is 5.75 Å². The topological polar surface area (TPSA) is 54.4 Å². The highest BCUT2D eigenvalue weighted by molar-refractivity contribution is 7.91. The van der Waals surface area contributed by atoms with Crippen molar-refractivity contribution < 1.29 is 31.1 Å². The molecule has 8 heteroatoms. The summed E-state index contributed by atoms with van der Waals surface area (Å²) in [5.41, 5.74) is 0.679. The lowest BCUT2D eigenvalue weighted by Crippen LogP contribution is -2.11. The van der Waals surface area contributed by atoms with Crippen LogP contribution in [0.4, 0.5) is 17.6 Å². The van der Waals surface area contributed by atoms with E-state index in [9.17, 15) is 26.0 Å². The first-order valence-electron chi connectivity index (χ1n) is 5.54. The number of aryl methyl sites for hydroxylation is 1. The molecular weight excluding hydrogens is 312 g/mol. The monoisotopic (exact) mass is 320 g/mol. The zero-order chi connectivity index (χ0) is 15.9. The lowest BCUT2D eigenvalue weighted by Gasteiger charge is -2.10. The van der Waals surface area contributed by atoms with Gasteiger partial charge < -0.3 is 5.11 Å². The predicted molar refractivity (Wildman–Crippen MR) is 64.6 cm³/mol. The van der Waals surface area contributed by atoms with Gasteiger partial charge in [0.2, 0.25) is 21.5 Å².